The second-order valence-electron chi connectivity index (χ2n) is 9.52. The van der Waals surface area contributed by atoms with Gasteiger partial charge in [-0.05, 0) is 48.8 Å². The Morgan fingerprint density at radius 3 is 2.79 bits per heavy atom. The van der Waals surface area contributed by atoms with Crippen molar-refractivity contribution in [3.05, 3.63) is 77.6 Å². The van der Waals surface area contributed by atoms with Crippen LogP contribution in [0.25, 0.3) is 10.8 Å². The molecule has 2 aliphatic rings. The molecule has 3 heterocycles. The molecule has 33 heavy (non-hydrogen) atoms. The summed E-state index contributed by atoms with van der Waals surface area (Å²) < 4.78 is 11.6. The van der Waals surface area contributed by atoms with E-state index >= 15 is 0 Å². The molecule has 2 aliphatic heterocycles. The minimum Gasteiger partial charge on any atom is -0.381 e. The van der Waals surface area contributed by atoms with Crippen molar-refractivity contribution < 1.29 is 14.3 Å². The van der Waals surface area contributed by atoms with Crippen LogP contribution in [0.1, 0.15) is 29.5 Å². The van der Waals surface area contributed by atoms with Crippen LogP contribution in [0.4, 0.5) is 0 Å². The first-order valence-corrected chi connectivity index (χ1v) is 12.0. The first-order chi connectivity index (χ1) is 16.1. The number of pyridine rings is 1. The Morgan fingerprint density at radius 2 is 1.94 bits per heavy atom. The normalized spacial score (nSPS) is 21.0. The van der Waals surface area contributed by atoms with Gasteiger partial charge >= 0.3 is 0 Å². The summed E-state index contributed by atoms with van der Waals surface area (Å²) in [4.78, 5) is 20.4. The summed E-state index contributed by atoms with van der Waals surface area (Å²) in [6, 6.07) is 17.1. The third kappa shape index (κ3) is 4.66. The van der Waals surface area contributed by atoms with E-state index in [4.69, 9.17) is 9.47 Å². The number of aryl methyl sites for hydroxylation is 1. The quantitative estimate of drug-likeness (QED) is 0.602. The van der Waals surface area contributed by atoms with Gasteiger partial charge in [0.1, 0.15) is 0 Å². The van der Waals surface area contributed by atoms with Crippen molar-refractivity contribution in [1.82, 2.24) is 9.88 Å². The SMILES string of the molecule is Cc1cccc(C2(C(=O)N3CCOCC(Cc4ccc5cnccc5c4)C3)CCOCC2)c1. The number of aromatic nitrogens is 1. The highest BCUT2D eigenvalue weighted by Crippen LogP contribution is 2.37. The molecule has 2 fully saturated rings. The molecule has 1 atom stereocenters. The summed E-state index contributed by atoms with van der Waals surface area (Å²) in [5, 5.41) is 2.35. The standard InChI is InChI=1S/C28H32N2O3/c1-21-3-2-4-26(15-21)28(8-12-32-13-9-28)27(31)30-11-14-33-20-23(19-30)16-22-5-6-25-18-29-10-7-24(25)17-22/h2-7,10,15,17-18,23H,8-9,11-14,16,19-20H2,1H3. The van der Waals surface area contributed by atoms with Crippen LogP contribution in [0.15, 0.2) is 60.9 Å². The third-order valence-electron chi connectivity index (χ3n) is 7.18. The minimum absolute atomic E-state index is 0.233. The smallest absolute Gasteiger partial charge is 0.233 e. The van der Waals surface area contributed by atoms with Gasteiger partial charge in [-0.2, -0.15) is 0 Å². The molecule has 1 amide bonds. The number of benzene rings is 2. The predicted molar refractivity (Wildman–Crippen MR) is 129 cm³/mol. The van der Waals surface area contributed by atoms with Gasteiger partial charge in [-0.1, -0.05) is 48.0 Å². The van der Waals surface area contributed by atoms with Crippen LogP contribution in [-0.2, 0) is 26.1 Å². The molecule has 1 aromatic heterocycles. The summed E-state index contributed by atoms with van der Waals surface area (Å²) in [5.41, 5.74) is 3.08. The van der Waals surface area contributed by atoms with E-state index in [9.17, 15) is 4.79 Å². The summed E-state index contributed by atoms with van der Waals surface area (Å²) in [6.45, 7) is 5.98. The monoisotopic (exact) mass is 444 g/mol. The Hall–Kier alpha value is -2.76. The Balaban J connectivity index is 1.38. The number of hydrogen-bond donors (Lipinski definition) is 0. The van der Waals surface area contributed by atoms with Crippen LogP contribution in [-0.4, -0.2) is 55.3 Å². The lowest BCUT2D eigenvalue weighted by molar-refractivity contribution is -0.141. The number of rotatable bonds is 4. The number of amides is 1. The molecule has 2 saturated heterocycles. The Kier molecular flexibility index (Phi) is 6.43. The first-order valence-electron chi connectivity index (χ1n) is 12.0. The van der Waals surface area contributed by atoms with Gasteiger partial charge in [0.2, 0.25) is 5.91 Å². The molecular weight excluding hydrogens is 412 g/mol. The van der Waals surface area contributed by atoms with Crippen molar-refractivity contribution in [2.24, 2.45) is 5.92 Å². The molecule has 0 saturated carbocycles. The van der Waals surface area contributed by atoms with E-state index in [1.807, 2.05) is 12.4 Å². The van der Waals surface area contributed by atoms with Crippen molar-refractivity contribution in [1.29, 1.82) is 0 Å². The maximum atomic E-state index is 14.1. The van der Waals surface area contributed by atoms with E-state index in [0.29, 0.717) is 33.0 Å². The van der Waals surface area contributed by atoms with E-state index in [0.717, 1.165) is 36.8 Å². The highest BCUT2D eigenvalue weighted by atomic mass is 16.5. The molecule has 0 spiro atoms. The van der Waals surface area contributed by atoms with E-state index in [2.05, 4.69) is 65.3 Å². The van der Waals surface area contributed by atoms with Crippen LogP contribution in [0.2, 0.25) is 0 Å². The molecule has 1 unspecified atom stereocenters. The van der Waals surface area contributed by atoms with Crippen molar-refractivity contribution in [2.75, 3.05) is 39.5 Å². The average Bonchev–Trinajstić information content (AvgIpc) is 3.09. The van der Waals surface area contributed by atoms with Gasteiger partial charge in [-0.15, -0.1) is 0 Å². The number of carbonyl (C=O) groups is 1. The molecule has 5 nitrogen and oxygen atoms in total. The maximum absolute atomic E-state index is 14.1. The topological polar surface area (TPSA) is 51.7 Å². The molecule has 0 N–H and O–H groups in total. The molecular formula is C28H32N2O3. The van der Waals surface area contributed by atoms with Gasteiger partial charge in [0.05, 0.1) is 18.6 Å². The molecule has 0 bridgehead atoms. The van der Waals surface area contributed by atoms with Crippen molar-refractivity contribution in [3.8, 4) is 0 Å². The van der Waals surface area contributed by atoms with Crippen LogP contribution in [0.5, 0.6) is 0 Å². The molecule has 172 valence electrons. The second kappa shape index (κ2) is 9.62. The summed E-state index contributed by atoms with van der Waals surface area (Å²) in [6.07, 6.45) is 6.08. The maximum Gasteiger partial charge on any atom is 0.233 e. The van der Waals surface area contributed by atoms with Crippen LogP contribution in [0, 0.1) is 12.8 Å². The highest BCUT2D eigenvalue weighted by Gasteiger charge is 2.44. The third-order valence-corrected chi connectivity index (χ3v) is 7.18. The van der Waals surface area contributed by atoms with Gasteiger partial charge in [-0.3, -0.25) is 9.78 Å². The molecule has 3 aromatic rings. The fraction of sp³-hybridized carbons (Fsp3) is 0.429. The number of ether oxygens (including phenoxy) is 2. The fourth-order valence-corrected chi connectivity index (χ4v) is 5.37. The van der Waals surface area contributed by atoms with Gasteiger partial charge in [0.15, 0.2) is 0 Å². The molecule has 5 heteroatoms. The summed E-state index contributed by atoms with van der Waals surface area (Å²) in [7, 11) is 0. The number of nitrogens with zero attached hydrogens (tertiary/aromatic N) is 2. The highest BCUT2D eigenvalue weighted by molar-refractivity contribution is 5.88. The lowest BCUT2D eigenvalue weighted by Crippen LogP contribution is -2.51. The van der Waals surface area contributed by atoms with Gasteiger partial charge in [0.25, 0.3) is 0 Å². The number of hydrogen-bond acceptors (Lipinski definition) is 4. The van der Waals surface area contributed by atoms with E-state index < -0.39 is 5.41 Å². The first kappa shape index (κ1) is 22.1. The van der Waals surface area contributed by atoms with Gasteiger partial charge < -0.3 is 14.4 Å². The Labute approximate surface area is 195 Å². The van der Waals surface area contributed by atoms with Crippen LogP contribution in [0.3, 0.4) is 0 Å². The van der Waals surface area contributed by atoms with E-state index in [-0.39, 0.29) is 11.8 Å². The van der Waals surface area contributed by atoms with Gasteiger partial charge in [-0.25, -0.2) is 0 Å². The van der Waals surface area contributed by atoms with Crippen LogP contribution < -0.4 is 0 Å². The zero-order chi connectivity index (χ0) is 22.7. The molecule has 0 radical (unpaired) electrons. The predicted octanol–water partition coefficient (Wildman–Crippen LogP) is 4.31. The summed E-state index contributed by atoms with van der Waals surface area (Å²) in [5.74, 6) is 0.502. The fourth-order valence-electron chi connectivity index (χ4n) is 5.37. The largest absolute Gasteiger partial charge is 0.381 e. The molecule has 0 aliphatic carbocycles. The lowest BCUT2D eigenvalue weighted by atomic mass is 9.72. The number of carbonyl (C=O) groups excluding carboxylic acids is 1. The second-order valence-corrected chi connectivity index (χ2v) is 9.52. The van der Waals surface area contributed by atoms with Crippen LogP contribution >= 0.6 is 0 Å². The molecule has 5 rings (SSSR count). The van der Waals surface area contributed by atoms with E-state index in [1.54, 1.807) is 0 Å². The van der Waals surface area contributed by atoms with Crippen molar-refractivity contribution in [3.63, 3.8) is 0 Å². The summed E-state index contributed by atoms with van der Waals surface area (Å²) >= 11 is 0. The average molecular weight is 445 g/mol. The Morgan fingerprint density at radius 1 is 1.06 bits per heavy atom. The zero-order valence-electron chi connectivity index (χ0n) is 19.3. The van der Waals surface area contributed by atoms with Gasteiger partial charge in [0, 0.05) is 50.0 Å². The Bertz CT molecular complexity index is 1120. The van der Waals surface area contributed by atoms with Crippen molar-refractivity contribution in [2.45, 2.75) is 31.6 Å². The number of fused-ring (bicyclic) bond motifs is 1. The molecule has 2 aromatic carbocycles. The minimum atomic E-state index is -0.505. The lowest BCUT2D eigenvalue weighted by Gasteiger charge is -2.40. The zero-order valence-corrected chi connectivity index (χ0v) is 19.3. The van der Waals surface area contributed by atoms with E-state index in [1.165, 1.54) is 16.5 Å². The van der Waals surface area contributed by atoms with Crippen molar-refractivity contribution >= 4 is 16.7 Å².